The minimum atomic E-state index is 0. The third-order valence-electron chi connectivity index (χ3n) is 7.03. The van der Waals surface area contributed by atoms with Crippen LogP contribution in [0.3, 0.4) is 0 Å². The third kappa shape index (κ3) is 6.57. The second kappa shape index (κ2) is 12.2. The summed E-state index contributed by atoms with van der Waals surface area (Å²) in [7, 11) is 1.89. The lowest BCUT2D eigenvalue weighted by molar-refractivity contribution is 0.220. The lowest BCUT2D eigenvalue weighted by Gasteiger charge is -2.27. The predicted molar refractivity (Wildman–Crippen MR) is 137 cm³/mol. The SMILES string of the molecule is CN=C(NCc1ccccc1CN1CCCCC1)NC1CCN(C2CCCC2)C1.I. The van der Waals surface area contributed by atoms with E-state index in [0.717, 1.165) is 31.6 Å². The molecule has 0 amide bonds. The molecule has 30 heavy (non-hydrogen) atoms. The molecule has 4 rings (SSSR count). The first-order valence-electron chi connectivity index (χ1n) is 11.8. The molecular formula is C24H40IN5. The molecule has 1 unspecified atom stereocenters. The van der Waals surface area contributed by atoms with Crippen molar-refractivity contribution in [2.75, 3.05) is 33.2 Å². The zero-order valence-electron chi connectivity index (χ0n) is 18.6. The zero-order valence-corrected chi connectivity index (χ0v) is 20.9. The van der Waals surface area contributed by atoms with E-state index in [-0.39, 0.29) is 24.0 Å². The second-order valence-corrected chi connectivity index (χ2v) is 9.09. The number of hydrogen-bond donors (Lipinski definition) is 2. The Morgan fingerprint density at radius 2 is 1.70 bits per heavy atom. The number of aliphatic imine (C=N–C) groups is 1. The van der Waals surface area contributed by atoms with Gasteiger partial charge in [-0.05, 0) is 56.3 Å². The summed E-state index contributed by atoms with van der Waals surface area (Å²) in [4.78, 5) is 9.80. The van der Waals surface area contributed by atoms with Crippen LogP contribution in [0.15, 0.2) is 29.3 Å². The van der Waals surface area contributed by atoms with E-state index < -0.39 is 0 Å². The fraction of sp³-hybridized carbons (Fsp3) is 0.708. The summed E-state index contributed by atoms with van der Waals surface area (Å²) in [6.07, 6.45) is 10.9. The average molecular weight is 526 g/mol. The number of rotatable bonds is 6. The monoisotopic (exact) mass is 525 g/mol. The summed E-state index contributed by atoms with van der Waals surface area (Å²) in [6.45, 7) is 6.79. The van der Waals surface area contributed by atoms with Gasteiger partial charge < -0.3 is 10.6 Å². The van der Waals surface area contributed by atoms with Crippen molar-refractivity contribution in [3.05, 3.63) is 35.4 Å². The van der Waals surface area contributed by atoms with Crippen molar-refractivity contribution in [3.8, 4) is 0 Å². The molecule has 5 nitrogen and oxygen atoms in total. The molecule has 6 heteroatoms. The maximum atomic E-state index is 4.50. The Morgan fingerprint density at radius 1 is 0.967 bits per heavy atom. The highest BCUT2D eigenvalue weighted by Gasteiger charge is 2.30. The fourth-order valence-corrected chi connectivity index (χ4v) is 5.32. The molecule has 168 valence electrons. The number of benzene rings is 1. The minimum Gasteiger partial charge on any atom is -0.352 e. The molecule has 1 aliphatic carbocycles. The average Bonchev–Trinajstić information content (AvgIpc) is 3.45. The number of piperidine rings is 1. The molecule has 0 radical (unpaired) electrons. The van der Waals surface area contributed by atoms with Gasteiger partial charge in [0.15, 0.2) is 5.96 Å². The van der Waals surface area contributed by atoms with E-state index >= 15 is 0 Å². The van der Waals surface area contributed by atoms with Gasteiger partial charge in [0.1, 0.15) is 0 Å². The number of guanidine groups is 1. The van der Waals surface area contributed by atoms with Gasteiger partial charge in [-0.1, -0.05) is 43.5 Å². The van der Waals surface area contributed by atoms with Crippen molar-refractivity contribution in [3.63, 3.8) is 0 Å². The van der Waals surface area contributed by atoms with E-state index in [0.29, 0.717) is 6.04 Å². The van der Waals surface area contributed by atoms with Crippen LogP contribution in [0, 0.1) is 0 Å². The largest absolute Gasteiger partial charge is 0.352 e. The van der Waals surface area contributed by atoms with Crippen LogP contribution in [0.4, 0.5) is 0 Å². The molecule has 0 aromatic heterocycles. The Hall–Kier alpha value is -0.860. The highest BCUT2D eigenvalue weighted by molar-refractivity contribution is 14.0. The van der Waals surface area contributed by atoms with Crippen molar-refractivity contribution in [2.24, 2.45) is 4.99 Å². The molecule has 1 atom stereocenters. The van der Waals surface area contributed by atoms with Gasteiger partial charge >= 0.3 is 0 Å². The van der Waals surface area contributed by atoms with Crippen LogP contribution in [0.1, 0.15) is 62.5 Å². The fourth-order valence-electron chi connectivity index (χ4n) is 5.32. The first-order valence-corrected chi connectivity index (χ1v) is 11.8. The smallest absolute Gasteiger partial charge is 0.191 e. The molecule has 3 aliphatic rings. The lowest BCUT2D eigenvalue weighted by atomic mass is 10.0. The Labute approximate surface area is 200 Å². The molecule has 1 saturated carbocycles. The molecule has 2 aliphatic heterocycles. The summed E-state index contributed by atoms with van der Waals surface area (Å²) in [5, 5.41) is 7.25. The highest BCUT2D eigenvalue weighted by Crippen LogP contribution is 2.26. The van der Waals surface area contributed by atoms with Crippen LogP contribution >= 0.6 is 24.0 Å². The molecule has 3 fully saturated rings. The van der Waals surface area contributed by atoms with Gasteiger partial charge in [0, 0.05) is 45.3 Å². The van der Waals surface area contributed by atoms with Gasteiger partial charge in [-0.3, -0.25) is 14.8 Å². The topological polar surface area (TPSA) is 42.9 Å². The highest BCUT2D eigenvalue weighted by atomic mass is 127. The van der Waals surface area contributed by atoms with E-state index in [2.05, 4.69) is 49.7 Å². The van der Waals surface area contributed by atoms with Gasteiger partial charge in [0.05, 0.1) is 0 Å². The number of halogens is 1. The summed E-state index contributed by atoms with van der Waals surface area (Å²) >= 11 is 0. The van der Waals surface area contributed by atoms with Gasteiger partial charge in [-0.2, -0.15) is 0 Å². The number of hydrogen-bond acceptors (Lipinski definition) is 3. The van der Waals surface area contributed by atoms with E-state index in [1.165, 1.54) is 82.1 Å². The summed E-state index contributed by atoms with van der Waals surface area (Å²) in [5.41, 5.74) is 2.84. The van der Waals surface area contributed by atoms with Crippen LogP contribution in [0.2, 0.25) is 0 Å². The van der Waals surface area contributed by atoms with Crippen LogP contribution in [-0.4, -0.2) is 61.1 Å². The molecule has 1 aromatic carbocycles. The molecule has 2 heterocycles. The van der Waals surface area contributed by atoms with E-state index in [9.17, 15) is 0 Å². The number of nitrogens with one attached hydrogen (secondary N) is 2. The number of likely N-dealkylation sites (tertiary alicyclic amines) is 2. The maximum Gasteiger partial charge on any atom is 0.191 e. The Balaban J connectivity index is 0.00000256. The summed E-state index contributed by atoms with van der Waals surface area (Å²) in [6, 6.07) is 10.2. The van der Waals surface area contributed by atoms with Crippen molar-refractivity contribution < 1.29 is 0 Å². The molecule has 2 N–H and O–H groups in total. The Kier molecular flexibility index (Phi) is 9.71. The van der Waals surface area contributed by atoms with Crippen molar-refractivity contribution in [1.82, 2.24) is 20.4 Å². The zero-order chi connectivity index (χ0) is 19.9. The second-order valence-electron chi connectivity index (χ2n) is 9.09. The van der Waals surface area contributed by atoms with Crippen LogP contribution in [0.25, 0.3) is 0 Å². The molecule has 1 aromatic rings. The van der Waals surface area contributed by atoms with Crippen LogP contribution in [0.5, 0.6) is 0 Å². The van der Waals surface area contributed by atoms with Crippen LogP contribution < -0.4 is 10.6 Å². The van der Waals surface area contributed by atoms with E-state index in [1.54, 1.807) is 0 Å². The molecule has 0 spiro atoms. The maximum absolute atomic E-state index is 4.50. The quantitative estimate of drug-likeness (QED) is 0.335. The van der Waals surface area contributed by atoms with Crippen molar-refractivity contribution >= 4 is 29.9 Å². The first-order chi connectivity index (χ1) is 14.3. The molecule has 2 saturated heterocycles. The Morgan fingerprint density at radius 3 is 2.43 bits per heavy atom. The van der Waals surface area contributed by atoms with Gasteiger partial charge in [-0.25, -0.2) is 0 Å². The normalized spacial score (nSPS) is 24.0. The van der Waals surface area contributed by atoms with Gasteiger partial charge in [0.25, 0.3) is 0 Å². The number of nitrogens with zero attached hydrogens (tertiary/aromatic N) is 3. The Bertz CT molecular complexity index is 667. The van der Waals surface area contributed by atoms with Crippen LogP contribution in [-0.2, 0) is 13.1 Å². The molecular weight excluding hydrogens is 485 g/mol. The predicted octanol–water partition coefficient (Wildman–Crippen LogP) is 3.97. The lowest BCUT2D eigenvalue weighted by Crippen LogP contribution is -2.45. The standard InChI is InChI=1S/C24H39N5.HI/c1-25-24(27-22-13-16-29(19-22)23-11-5-6-12-23)26-17-20-9-3-4-10-21(20)18-28-14-7-2-8-15-28;/h3-4,9-10,22-23H,2,5-8,11-19H2,1H3,(H2,25,26,27);1H. The van der Waals surface area contributed by atoms with Gasteiger partial charge in [0.2, 0.25) is 0 Å². The minimum absolute atomic E-state index is 0. The molecule has 0 bridgehead atoms. The van der Waals surface area contributed by atoms with Crippen molar-refractivity contribution in [2.45, 2.75) is 76.5 Å². The third-order valence-corrected chi connectivity index (χ3v) is 7.03. The van der Waals surface area contributed by atoms with E-state index in [4.69, 9.17) is 0 Å². The first kappa shape index (κ1) is 23.8. The summed E-state index contributed by atoms with van der Waals surface area (Å²) < 4.78 is 0. The van der Waals surface area contributed by atoms with Gasteiger partial charge in [-0.15, -0.1) is 24.0 Å². The summed E-state index contributed by atoms with van der Waals surface area (Å²) in [5.74, 6) is 0.941. The van der Waals surface area contributed by atoms with Crippen molar-refractivity contribution in [1.29, 1.82) is 0 Å². The van der Waals surface area contributed by atoms with E-state index in [1.807, 2.05) is 7.05 Å².